The Morgan fingerprint density at radius 3 is 2.75 bits per heavy atom. The summed E-state index contributed by atoms with van der Waals surface area (Å²) in [5, 5.41) is 0. The van der Waals surface area contributed by atoms with E-state index in [9.17, 15) is 4.79 Å². The molecule has 0 saturated heterocycles. The largest absolute Gasteiger partial charge is 0.493 e. The van der Waals surface area contributed by atoms with Crippen molar-refractivity contribution >= 4 is 29.0 Å². The number of fused-ring (bicyclic) bond motifs is 1. The Morgan fingerprint density at radius 2 is 2.07 bits per heavy atom. The first-order valence-electron chi connectivity index (χ1n) is 8.85. The quantitative estimate of drug-likeness (QED) is 0.587. The SMILES string of the molecule is COc1cc(-c2ccc(SC)cc2)cc2c1OCCN(C(=O)c1cncs1)C2. The summed E-state index contributed by atoms with van der Waals surface area (Å²) in [6.45, 7) is 1.42. The first kappa shape index (κ1) is 18.8. The molecule has 0 N–H and O–H groups in total. The van der Waals surface area contributed by atoms with Crippen molar-refractivity contribution in [2.24, 2.45) is 0 Å². The minimum atomic E-state index is -0.0207. The lowest BCUT2D eigenvalue weighted by Crippen LogP contribution is -2.31. The molecule has 2 aromatic carbocycles. The van der Waals surface area contributed by atoms with E-state index in [0.29, 0.717) is 36.1 Å². The van der Waals surface area contributed by atoms with Crippen LogP contribution in [-0.2, 0) is 6.54 Å². The molecule has 0 unspecified atom stereocenters. The average molecular weight is 413 g/mol. The van der Waals surface area contributed by atoms with Gasteiger partial charge < -0.3 is 14.4 Å². The molecule has 0 radical (unpaired) electrons. The fraction of sp³-hybridized carbons (Fsp3) is 0.238. The van der Waals surface area contributed by atoms with Gasteiger partial charge in [-0.2, -0.15) is 0 Å². The first-order valence-corrected chi connectivity index (χ1v) is 11.0. The number of rotatable bonds is 4. The van der Waals surface area contributed by atoms with Gasteiger partial charge in [-0.05, 0) is 41.6 Å². The van der Waals surface area contributed by atoms with Crippen molar-refractivity contribution in [3.63, 3.8) is 0 Å². The molecule has 0 atom stereocenters. The number of methoxy groups -OCH3 is 1. The number of aromatic nitrogens is 1. The number of thioether (sulfide) groups is 1. The van der Waals surface area contributed by atoms with E-state index in [1.54, 1.807) is 35.5 Å². The maximum Gasteiger partial charge on any atom is 0.265 e. The number of ether oxygens (including phenoxy) is 2. The molecule has 3 aromatic rings. The van der Waals surface area contributed by atoms with Crippen LogP contribution < -0.4 is 9.47 Å². The number of nitrogens with zero attached hydrogens (tertiary/aromatic N) is 2. The van der Waals surface area contributed by atoms with Crippen molar-refractivity contribution in [1.82, 2.24) is 9.88 Å². The molecule has 0 bridgehead atoms. The van der Waals surface area contributed by atoms with Gasteiger partial charge in [-0.3, -0.25) is 9.78 Å². The molecular formula is C21H20N2O3S2. The maximum atomic E-state index is 12.8. The van der Waals surface area contributed by atoms with Gasteiger partial charge in [0, 0.05) is 17.0 Å². The minimum Gasteiger partial charge on any atom is -0.493 e. The molecule has 1 amide bonds. The Balaban J connectivity index is 1.70. The van der Waals surface area contributed by atoms with Gasteiger partial charge in [0.05, 0.1) is 25.4 Å². The third kappa shape index (κ3) is 3.72. The molecule has 5 nitrogen and oxygen atoms in total. The summed E-state index contributed by atoms with van der Waals surface area (Å²) in [7, 11) is 1.64. The van der Waals surface area contributed by atoms with Gasteiger partial charge in [0.1, 0.15) is 11.5 Å². The number of thiazole rings is 1. The molecular weight excluding hydrogens is 392 g/mol. The molecule has 0 aliphatic carbocycles. The van der Waals surface area contributed by atoms with E-state index in [1.807, 2.05) is 6.07 Å². The average Bonchev–Trinajstić information content (AvgIpc) is 3.19. The van der Waals surface area contributed by atoms with E-state index in [1.165, 1.54) is 16.2 Å². The second-order valence-corrected chi connectivity index (χ2v) is 8.10. The van der Waals surface area contributed by atoms with E-state index in [0.717, 1.165) is 16.7 Å². The van der Waals surface area contributed by atoms with Gasteiger partial charge in [0.2, 0.25) is 0 Å². The number of benzene rings is 2. The molecule has 4 rings (SSSR count). The fourth-order valence-electron chi connectivity index (χ4n) is 3.24. The Morgan fingerprint density at radius 1 is 1.25 bits per heavy atom. The smallest absolute Gasteiger partial charge is 0.265 e. The van der Waals surface area contributed by atoms with Crippen LogP contribution in [0.5, 0.6) is 11.5 Å². The van der Waals surface area contributed by atoms with Crippen molar-refractivity contribution in [2.75, 3.05) is 26.5 Å². The van der Waals surface area contributed by atoms with E-state index >= 15 is 0 Å². The first-order chi connectivity index (χ1) is 13.7. The predicted octanol–water partition coefficient (Wildman–Crippen LogP) is 4.58. The topological polar surface area (TPSA) is 51.7 Å². The lowest BCUT2D eigenvalue weighted by Gasteiger charge is -2.19. The summed E-state index contributed by atoms with van der Waals surface area (Å²) in [4.78, 5) is 20.5. The van der Waals surface area contributed by atoms with Gasteiger partial charge in [0.15, 0.2) is 11.5 Å². The van der Waals surface area contributed by atoms with Crippen LogP contribution in [0.3, 0.4) is 0 Å². The molecule has 2 heterocycles. The summed E-state index contributed by atoms with van der Waals surface area (Å²) >= 11 is 3.07. The molecule has 1 aromatic heterocycles. The van der Waals surface area contributed by atoms with Gasteiger partial charge in [-0.25, -0.2) is 0 Å². The fourth-order valence-corrected chi connectivity index (χ4v) is 4.23. The highest BCUT2D eigenvalue weighted by Crippen LogP contribution is 2.38. The van der Waals surface area contributed by atoms with Crippen LogP contribution in [0, 0.1) is 0 Å². The van der Waals surface area contributed by atoms with E-state index < -0.39 is 0 Å². The van der Waals surface area contributed by atoms with Gasteiger partial charge in [0.25, 0.3) is 5.91 Å². The normalized spacial score (nSPS) is 13.4. The Hall–Kier alpha value is -2.51. The lowest BCUT2D eigenvalue weighted by atomic mass is 10.0. The monoisotopic (exact) mass is 412 g/mol. The van der Waals surface area contributed by atoms with Crippen molar-refractivity contribution in [2.45, 2.75) is 11.4 Å². The zero-order chi connectivity index (χ0) is 19.5. The Labute approximate surface area is 172 Å². The van der Waals surface area contributed by atoms with E-state index in [-0.39, 0.29) is 5.91 Å². The van der Waals surface area contributed by atoms with Crippen molar-refractivity contribution < 1.29 is 14.3 Å². The van der Waals surface area contributed by atoms with Crippen molar-refractivity contribution in [1.29, 1.82) is 0 Å². The molecule has 0 fully saturated rings. The summed E-state index contributed by atoms with van der Waals surface area (Å²) in [6.07, 6.45) is 3.68. The Bertz CT molecular complexity index is 972. The second kappa shape index (κ2) is 8.24. The third-order valence-corrected chi connectivity index (χ3v) is 6.18. The highest BCUT2D eigenvalue weighted by Gasteiger charge is 2.24. The molecule has 1 aliphatic rings. The maximum absolute atomic E-state index is 12.8. The van der Waals surface area contributed by atoms with E-state index in [2.05, 4.69) is 41.6 Å². The van der Waals surface area contributed by atoms with Crippen LogP contribution >= 0.6 is 23.1 Å². The van der Waals surface area contributed by atoms with Crippen molar-refractivity contribution in [3.05, 3.63) is 58.5 Å². The van der Waals surface area contributed by atoms with Gasteiger partial charge in [-0.1, -0.05) is 12.1 Å². The lowest BCUT2D eigenvalue weighted by molar-refractivity contribution is 0.0737. The second-order valence-electron chi connectivity index (χ2n) is 6.34. The highest BCUT2D eigenvalue weighted by atomic mass is 32.2. The zero-order valence-corrected chi connectivity index (χ0v) is 17.3. The molecule has 144 valence electrons. The number of carbonyl (C=O) groups excluding carboxylic acids is 1. The van der Waals surface area contributed by atoms with Crippen molar-refractivity contribution in [3.8, 4) is 22.6 Å². The summed E-state index contributed by atoms with van der Waals surface area (Å²) in [5.74, 6) is 1.38. The zero-order valence-electron chi connectivity index (χ0n) is 15.7. The summed E-state index contributed by atoms with van der Waals surface area (Å²) < 4.78 is 11.6. The predicted molar refractivity (Wildman–Crippen MR) is 113 cm³/mol. The number of hydrogen-bond acceptors (Lipinski definition) is 6. The van der Waals surface area contributed by atoms with Gasteiger partial charge in [-0.15, -0.1) is 23.1 Å². The van der Waals surface area contributed by atoms with Crippen LogP contribution in [0.1, 0.15) is 15.2 Å². The van der Waals surface area contributed by atoms with Crippen LogP contribution in [0.15, 0.2) is 53.0 Å². The van der Waals surface area contributed by atoms with Crippen LogP contribution in [0.25, 0.3) is 11.1 Å². The molecule has 0 spiro atoms. The van der Waals surface area contributed by atoms with E-state index in [4.69, 9.17) is 9.47 Å². The standard InChI is InChI=1S/C21H20N2O3S2/c1-25-18-10-15(14-3-5-17(27-2)6-4-14)9-16-12-23(7-8-26-20(16)18)21(24)19-11-22-13-28-19/h3-6,9-11,13H,7-8,12H2,1-2H3. The summed E-state index contributed by atoms with van der Waals surface area (Å²) in [5.41, 5.74) is 4.76. The highest BCUT2D eigenvalue weighted by molar-refractivity contribution is 7.98. The van der Waals surface area contributed by atoms with Crippen LogP contribution in [0.2, 0.25) is 0 Å². The number of carbonyl (C=O) groups is 1. The molecule has 7 heteroatoms. The molecule has 28 heavy (non-hydrogen) atoms. The Kier molecular flexibility index (Phi) is 5.54. The molecule has 1 aliphatic heterocycles. The van der Waals surface area contributed by atoms with Crippen LogP contribution in [-0.4, -0.2) is 42.3 Å². The molecule has 0 saturated carbocycles. The van der Waals surface area contributed by atoms with Gasteiger partial charge >= 0.3 is 0 Å². The minimum absolute atomic E-state index is 0.0207. The number of amides is 1. The summed E-state index contributed by atoms with van der Waals surface area (Å²) in [6, 6.07) is 12.5. The number of hydrogen-bond donors (Lipinski definition) is 0. The third-order valence-electron chi connectivity index (χ3n) is 4.67. The van der Waals surface area contributed by atoms with Crippen LogP contribution in [0.4, 0.5) is 0 Å².